The van der Waals surface area contributed by atoms with Crippen molar-refractivity contribution in [2.45, 2.75) is 32.2 Å². The first-order chi connectivity index (χ1) is 5.91. The highest BCUT2D eigenvalue weighted by atomic mass is 16.1. The van der Waals surface area contributed by atoms with Crippen molar-refractivity contribution in [3.05, 3.63) is 0 Å². The zero-order chi connectivity index (χ0) is 10.1. The summed E-state index contributed by atoms with van der Waals surface area (Å²) in [5, 5.41) is 0. The van der Waals surface area contributed by atoms with Crippen molar-refractivity contribution < 1.29 is 4.79 Å². The van der Waals surface area contributed by atoms with Crippen molar-refractivity contribution >= 4 is 5.78 Å². The van der Waals surface area contributed by atoms with Gasteiger partial charge in [-0.2, -0.15) is 0 Å². The molecule has 0 unspecified atom stereocenters. The summed E-state index contributed by atoms with van der Waals surface area (Å²) in [6.07, 6.45) is 1.94. The van der Waals surface area contributed by atoms with Gasteiger partial charge in [-0.15, -0.1) is 0 Å². The Morgan fingerprint density at radius 2 is 1.85 bits per heavy atom. The second-order valence-corrected chi connectivity index (χ2v) is 4.66. The predicted molar refractivity (Wildman–Crippen MR) is 53.5 cm³/mol. The molecule has 1 saturated heterocycles. The SMILES string of the molecule is CN1CCC(C(=O)C(C)(C)N)CC1. The molecule has 1 heterocycles. The van der Waals surface area contributed by atoms with Crippen molar-refractivity contribution in [3.63, 3.8) is 0 Å². The zero-order valence-corrected chi connectivity index (χ0v) is 8.84. The molecule has 1 rings (SSSR count). The number of hydrogen-bond donors (Lipinski definition) is 1. The third kappa shape index (κ3) is 2.78. The molecular weight excluding hydrogens is 164 g/mol. The topological polar surface area (TPSA) is 46.3 Å². The molecule has 1 fully saturated rings. The van der Waals surface area contributed by atoms with Gasteiger partial charge in [0.2, 0.25) is 0 Å². The average molecular weight is 184 g/mol. The standard InChI is InChI=1S/C10H20N2O/c1-10(2,11)9(13)8-4-6-12(3)7-5-8/h8H,4-7,11H2,1-3H3. The third-order valence-electron chi connectivity index (χ3n) is 2.72. The maximum atomic E-state index is 11.8. The van der Waals surface area contributed by atoms with E-state index in [0.29, 0.717) is 0 Å². The Labute approximate surface area is 80.3 Å². The van der Waals surface area contributed by atoms with Gasteiger partial charge < -0.3 is 10.6 Å². The summed E-state index contributed by atoms with van der Waals surface area (Å²) >= 11 is 0. The number of carbonyl (C=O) groups is 1. The van der Waals surface area contributed by atoms with Crippen molar-refractivity contribution in [1.82, 2.24) is 4.90 Å². The highest BCUT2D eigenvalue weighted by Crippen LogP contribution is 2.20. The minimum atomic E-state index is -0.652. The van der Waals surface area contributed by atoms with E-state index in [1.54, 1.807) is 13.8 Å². The molecule has 0 saturated carbocycles. The van der Waals surface area contributed by atoms with E-state index in [-0.39, 0.29) is 11.7 Å². The first kappa shape index (κ1) is 10.7. The van der Waals surface area contributed by atoms with Crippen LogP contribution in [0.2, 0.25) is 0 Å². The summed E-state index contributed by atoms with van der Waals surface area (Å²) < 4.78 is 0. The van der Waals surface area contributed by atoms with Crippen LogP contribution in [0.4, 0.5) is 0 Å². The molecule has 1 aliphatic rings. The van der Waals surface area contributed by atoms with Gasteiger partial charge in [-0.1, -0.05) is 0 Å². The molecule has 0 aromatic carbocycles. The third-order valence-corrected chi connectivity index (χ3v) is 2.72. The molecule has 2 N–H and O–H groups in total. The highest BCUT2D eigenvalue weighted by Gasteiger charge is 2.31. The lowest BCUT2D eigenvalue weighted by Crippen LogP contribution is -2.47. The highest BCUT2D eigenvalue weighted by molar-refractivity contribution is 5.89. The zero-order valence-electron chi connectivity index (χ0n) is 8.84. The Morgan fingerprint density at radius 1 is 1.38 bits per heavy atom. The van der Waals surface area contributed by atoms with E-state index in [0.717, 1.165) is 25.9 Å². The Bertz CT molecular complexity index is 188. The van der Waals surface area contributed by atoms with Gasteiger partial charge >= 0.3 is 0 Å². The fraction of sp³-hybridized carbons (Fsp3) is 0.900. The molecule has 0 radical (unpaired) electrons. The average Bonchev–Trinajstić information content (AvgIpc) is 2.03. The fourth-order valence-electron chi connectivity index (χ4n) is 1.80. The van der Waals surface area contributed by atoms with E-state index >= 15 is 0 Å². The van der Waals surface area contributed by atoms with Crippen LogP contribution in [-0.4, -0.2) is 36.4 Å². The second-order valence-electron chi connectivity index (χ2n) is 4.66. The van der Waals surface area contributed by atoms with Crippen LogP contribution in [0.15, 0.2) is 0 Å². The summed E-state index contributed by atoms with van der Waals surface area (Å²) in [5.41, 5.74) is 5.13. The number of piperidine rings is 1. The quantitative estimate of drug-likeness (QED) is 0.685. The first-order valence-corrected chi connectivity index (χ1v) is 4.93. The van der Waals surface area contributed by atoms with Crippen molar-refractivity contribution in [3.8, 4) is 0 Å². The first-order valence-electron chi connectivity index (χ1n) is 4.93. The molecule has 0 aliphatic carbocycles. The van der Waals surface area contributed by atoms with Crippen LogP contribution in [-0.2, 0) is 4.79 Å². The van der Waals surface area contributed by atoms with Gasteiger partial charge in [0.15, 0.2) is 5.78 Å². The normalized spacial score (nSPS) is 21.8. The minimum absolute atomic E-state index is 0.191. The number of rotatable bonds is 2. The summed E-state index contributed by atoms with van der Waals surface area (Å²) in [4.78, 5) is 14.0. The molecule has 0 aromatic rings. The van der Waals surface area contributed by atoms with E-state index in [4.69, 9.17) is 5.73 Å². The molecule has 13 heavy (non-hydrogen) atoms. The number of ketones is 1. The maximum absolute atomic E-state index is 11.8. The summed E-state index contributed by atoms with van der Waals surface area (Å²) in [5.74, 6) is 0.414. The van der Waals surface area contributed by atoms with E-state index in [2.05, 4.69) is 11.9 Å². The summed E-state index contributed by atoms with van der Waals surface area (Å²) in [7, 11) is 2.09. The molecular formula is C10H20N2O. The molecule has 1 aliphatic heterocycles. The fourth-order valence-corrected chi connectivity index (χ4v) is 1.80. The lowest BCUT2D eigenvalue weighted by Gasteiger charge is -2.31. The van der Waals surface area contributed by atoms with Crippen LogP contribution in [0.5, 0.6) is 0 Å². The Hall–Kier alpha value is -0.410. The van der Waals surface area contributed by atoms with Crippen LogP contribution in [0.1, 0.15) is 26.7 Å². The van der Waals surface area contributed by atoms with E-state index in [1.165, 1.54) is 0 Å². The van der Waals surface area contributed by atoms with Gasteiger partial charge in [-0.3, -0.25) is 4.79 Å². The molecule has 0 aromatic heterocycles. The monoisotopic (exact) mass is 184 g/mol. The number of nitrogens with zero attached hydrogens (tertiary/aromatic N) is 1. The second kappa shape index (κ2) is 3.76. The van der Waals surface area contributed by atoms with Crippen molar-refractivity contribution in [2.24, 2.45) is 11.7 Å². The van der Waals surface area contributed by atoms with E-state index < -0.39 is 5.54 Å². The van der Waals surface area contributed by atoms with Gasteiger partial charge in [-0.25, -0.2) is 0 Å². The van der Waals surface area contributed by atoms with Gasteiger partial charge in [0.25, 0.3) is 0 Å². The van der Waals surface area contributed by atoms with Gasteiger partial charge in [0.1, 0.15) is 0 Å². The molecule has 0 amide bonds. The lowest BCUT2D eigenvalue weighted by molar-refractivity contribution is -0.128. The van der Waals surface area contributed by atoms with Crippen LogP contribution < -0.4 is 5.73 Å². The van der Waals surface area contributed by atoms with Crippen LogP contribution in [0.3, 0.4) is 0 Å². The number of hydrogen-bond acceptors (Lipinski definition) is 3. The van der Waals surface area contributed by atoms with Gasteiger partial charge in [-0.05, 0) is 46.8 Å². The van der Waals surface area contributed by atoms with E-state index in [1.807, 2.05) is 0 Å². The molecule has 3 nitrogen and oxygen atoms in total. The molecule has 0 atom stereocenters. The van der Waals surface area contributed by atoms with Crippen LogP contribution >= 0.6 is 0 Å². The van der Waals surface area contributed by atoms with Gasteiger partial charge in [0.05, 0.1) is 5.54 Å². The number of carbonyl (C=O) groups excluding carboxylic acids is 1. The maximum Gasteiger partial charge on any atom is 0.155 e. The molecule has 76 valence electrons. The number of nitrogens with two attached hydrogens (primary N) is 1. The summed E-state index contributed by atoms with van der Waals surface area (Å²) in [6.45, 7) is 5.64. The minimum Gasteiger partial charge on any atom is -0.319 e. The Balaban J connectivity index is 2.50. The number of Topliss-reactive ketones (excluding diaryl/α,β-unsaturated/α-hetero) is 1. The Morgan fingerprint density at radius 3 is 2.23 bits per heavy atom. The molecule has 0 bridgehead atoms. The molecule has 3 heteroatoms. The largest absolute Gasteiger partial charge is 0.319 e. The van der Waals surface area contributed by atoms with Crippen LogP contribution in [0.25, 0.3) is 0 Å². The smallest absolute Gasteiger partial charge is 0.155 e. The van der Waals surface area contributed by atoms with Crippen molar-refractivity contribution in [1.29, 1.82) is 0 Å². The molecule has 0 spiro atoms. The van der Waals surface area contributed by atoms with E-state index in [9.17, 15) is 4.79 Å². The van der Waals surface area contributed by atoms with Crippen LogP contribution in [0, 0.1) is 5.92 Å². The van der Waals surface area contributed by atoms with Crippen molar-refractivity contribution in [2.75, 3.05) is 20.1 Å². The lowest BCUT2D eigenvalue weighted by atomic mass is 9.84. The predicted octanol–water partition coefficient (Wildman–Crippen LogP) is 0.635. The van der Waals surface area contributed by atoms with Gasteiger partial charge in [0, 0.05) is 5.92 Å². The Kier molecular flexibility index (Phi) is 3.09. The summed E-state index contributed by atoms with van der Waals surface area (Å²) in [6, 6.07) is 0. The number of likely N-dealkylation sites (tertiary alicyclic amines) is 1.